The number of carbonyl (C=O) groups is 1. The van der Waals surface area contributed by atoms with E-state index in [-0.39, 0.29) is 6.42 Å². The van der Waals surface area contributed by atoms with Crippen molar-refractivity contribution in [3.8, 4) is 5.75 Å². The molecule has 1 aliphatic carbocycles. The summed E-state index contributed by atoms with van der Waals surface area (Å²) in [6, 6.07) is 2.49. The van der Waals surface area contributed by atoms with Crippen LogP contribution in [0.5, 0.6) is 5.75 Å². The molecule has 1 saturated carbocycles. The van der Waals surface area contributed by atoms with Gasteiger partial charge in [-0.05, 0) is 46.8 Å². The third-order valence-electron chi connectivity index (χ3n) is 2.59. The summed E-state index contributed by atoms with van der Waals surface area (Å²) in [6.07, 6.45) is 2.05. The van der Waals surface area contributed by atoms with Gasteiger partial charge in [0.25, 0.3) is 0 Å². The zero-order valence-electron chi connectivity index (χ0n) is 9.08. The number of ether oxygens (including phenoxy) is 1. The lowest BCUT2D eigenvalue weighted by molar-refractivity contribution is -0.136. The first-order valence-corrected chi connectivity index (χ1v) is 6.18. The predicted octanol–water partition coefficient (Wildman–Crippen LogP) is 3.00. The summed E-state index contributed by atoms with van der Waals surface area (Å²) in [4.78, 5) is 10.7. The van der Waals surface area contributed by atoms with Crippen LogP contribution in [0.25, 0.3) is 0 Å². The van der Waals surface area contributed by atoms with Crippen molar-refractivity contribution in [2.24, 2.45) is 5.92 Å². The van der Waals surface area contributed by atoms with E-state index in [0.717, 1.165) is 12.8 Å². The van der Waals surface area contributed by atoms with Crippen LogP contribution in [-0.4, -0.2) is 17.7 Å². The Hall–Kier alpha value is -1.10. The van der Waals surface area contributed by atoms with Gasteiger partial charge in [-0.25, -0.2) is 4.39 Å². The highest BCUT2D eigenvalue weighted by atomic mass is 79.9. The largest absolute Gasteiger partial charge is 0.492 e. The third-order valence-corrected chi connectivity index (χ3v) is 3.18. The van der Waals surface area contributed by atoms with Crippen molar-refractivity contribution in [1.29, 1.82) is 0 Å². The van der Waals surface area contributed by atoms with Crippen LogP contribution in [0.1, 0.15) is 18.4 Å². The normalized spacial score (nSPS) is 14.7. The van der Waals surface area contributed by atoms with E-state index in [1.54, 1.807) is 0 Å². The summed E-state index contributed by atoms with van der Waals surface area (Å²) in [5.74, 6) is -0.462. The molecule has 0 bridgehead atoms. The molecule has 5 heteroatoms. The minimum absolute atomic E-state index is 0.240. The van der Waals surface area contributed by atoms with Gasteiger partial charge in [-0.2, -0.15) is 0 Å². The van der Waals surface area contributed by atoms with Crippen molar-refractivity contribution < 1.29 is 19.0 Å². The van der Waals surface area contributed by atoms with Crippen molar-refractivity contribution in [2.75, 3.05) is 6.61 Å². The maximum Gasteiger partial charge on any atom is 0.307 e. The molecule has 1 N–H and O–H groups in total. The van der Waals surface area contributed by atoms with Gasteiger partial charge >= 0.3 is 5.97 Å². The lowest BCUT2D eigenvalue weighted by atomic mass is 10.1. The first-order valence-electron chi connectivity index (χ1n) is 5.39. The van der Waals surface area contributed by atoms with E-state index in [9.17, 15) is 9.18 Å². The molecule has 1 fully saturated rings. The fourth-order valence-corrected chi connectivity index (χ4v) is 2.14. The van der Waals surface area contributed by atoms with E-state index in [1.165, 1.54) is 12.1 Å². The molecule has 0 radical (unpaired) electrons. The number of rotatable bonds is 5. The van der Waals surface area contributed by atoms with Gasteiger partial charge in [-0.1, -0.05) is 0 Å². The van der Waals surface area contributed by atoms with Gasteiger partial charge in [0.2, 0.25) is 0 Å². The molecule has 0 heterocycles. The topological polar surface area (TPSA) is 46.5 Å². The molecule has 17 heavy (non-hydrogen) atoms. The maximum absolute atomic E-state index is 13.2. The van der Waals surface area contributed by atoms with Crippen LogP contribution in [-0.2, 0) is 11.2 Å². The average Bonchev–Trinajstić information content (AvgIpc) is 2.98. The van der Waals surface area contributed by atoms with Crippen LogP contribution in [0.3, 0.4) is 0 Å². The standard InChI is InChI=1S/C12H12BrFO3/c13-10-5-9(14)3-8(4-11(15)16)12(10)17-6-7-1-2-7/h3,5,7H,1-2,4,6H2,(H,15,16). The molecule has 0 atom stereocenters. The van der Waals surface area contributed by atoms with Crippen LogP contribution in [0, 0.1) is 11.7 Å². The molecule has 0 saturated heterocycles. The molecule has 1 aromatic carbocycles. The highest BCUT2D eigenvalue weighted by Crippen LogP contribution is 2.34. The summed E-state index contributed by atoms with van der Waals surface area (Å²) in [6.45, 7) is 0.566. The molecule has 0 amide bonds. The van der Waals surface area contributed by atoms with Gasteiger partial charge in [0.1, 0.15) is 11.6 Å². The number of hydrogen-bond acceptors (Lipinski definition) is 2. The lowest BCUT2D eigenvalue weighted by Gasteiger charge is -2.12. The van der Waals surface area contributed by atoms with Crippen molar-refractivity contribution in [2.45, 2.75) is 19.3 Å². The Morgan fingerprint density at radius 3 is 2.82 bits per heavy atom. The van der Waals surface area contributed by atoms with E-state index in [2.05, 4.69) is 15.9 Å². The number of carboxylic acid groups (broad SMARTS) is 1. The molecule has 1 aromatic rings. The summed E-state index contributed by atoms with van der Waals surface area (Å²) < 4.78 is 19.2. The number of aliphatic carboxylic acids is 1. The fourth-order valence-electron chi connectivity index (χ4n) is 1.56. The van der Waals surface area contributed by atoms with Crippen LogP contribution >= 0.6 is 15.9 Å². The minimum atomic E-state index is -1.00. The number of carboxylic acids is 1. The first-order chi connectivity index (χ1) is 8.06. The molecule has 92 valence electrons. The van der Waals surface area contributed by atoms with Crippen molar-refractivity contribution in [3.05, 3.63) is 28.0 Å². The quantitative estimate of drug-likeness (QED) is 0.909. The van der Waals surface area contributed by atoms with Gasteiger partial charge in [0, 0.05) is 5.56 Å². The Kier molecular flexibility index (Phi) is 3.66. The monoisotopic (exact) mass is 302 g/mol. The number of benzene rings is 1. The molecule has 1 aliphatic rings. The number of hydrogen-bond donors (Lipinski definition) is 1. The average molecular weight is 303 g/mol. The summed E-state index contributed by atoms with van der Waals surface area (Å²) in [5, 5.41) is 8.77. The van der Waals surface area contributed by atoms with Crippen molar-refractivity contribution >= 4 is 21.9 Å². The molecule has 0 spiro atoms. The van der Waals surface area contributed by atoms with E-state index >= 15 is 0 Å². The van der Waals surface area contributed by atoms with E-state index in [4.69, 9.17) is 9.84 Å². The highest BCUT2D eigenvalue weighted by molar-refractivity contribution is 9.10. The summed E-state index contributed by atoms with van der Waals surface area (Å²) >= 11 is 3.20. The molecular weight excluding hydrogens is 291 g/mol. The van der Waals surface area contributed by atoms with Gasteiger partial charge in [0.15, 0.2) is 0 Å². The second kappa shape index (κ2) is 5.04. The van der Waals surface area contributed by atoms with Crippen molar-refractivity contribution in [3.63, 3.8) is 0 Å². The van der Waals surface area contributed by atoms with Crippen LogP contribution in [0.15, 0.2) is 16.6 Å². The molecule has 2 rings (SSSR count). The SMILES string of the molecule is O=C(O)Cc1cc(F)cc(Br)c1OCC1CC1. The van der Waals surface area contributed by atoms with E-state index < -0.39 is 11.8 Å². The van der Waals surface area contributed by atoms with Crippen LogP contribution in [0.4, 0.5) is 4.39 Å². The Morgan fingerprint density at radius 2 is 2.24 bits per heavy atom. The second-order valence-corrected chi connectivity index (χ2v) is 5.06. The molecule has 0 aliphatic heterocycles. The first kappa shape index (κ1) is 12.4. The lowest BCUT2D eigenvalue weighted by Crippen LogP contribution is -2.07. The minimum Gasteiger partial charge on any atom is -0.492 e. The fraction of sp³-hybridized carbons (Fsp3) is 0.417. The third kappa shape index (κ3) is 3.43. The Labute approximate surface area is 107 Å². The Balaban J connectivity index is 2.21. The van der Waals surface area contributed by atoms with Gasteiger partial charge < -0.3 is 9.84 Å². The van der Waals surface area contributed by atoms with Gasteiger partial charge in [0.05, 0.1) is 17.5 Å². The van der Waals surface area contributed by atoms with E-state index in [1.807, 2.05) is 0 Å². The molecular formula is C12H12BrFO3. The Bertz CT molecular complexity index is 444. The van der Waals surface area contributed by atoms with Crippen LogP contribution in [0.2, 0.25) is 0 Å². The maximum atomic E-state index is 13.2. The smallest absolute Gasteiger partial charge is 0.307 e. The highest BCUT2D eigenvalue weighted by Gasteiger charge is 2.23. The van der Waals surface area contributed by atoms with Gasteiger partial charge in [-0.15, -0.1) is 0 Å². The number of halogens is 2. The summed E-state index contributed by atoms with van der Waals surface area (Å²) in [7, 11) is 0. The molecule has 3 nitrogen and oxygen atoms in total. The summed E-state index contributed by atoms with van der Waals surface area (Å²) in [5.41, 5.74) is 0.366. The van der Waals surface area contributed by atoms with Crippen LogP contribution < -0.4 is 4.74 Å². The van der Waals surface area contributed by atoms with Crippen molar-refractivity contribution in [1.82, 2.24) is 0 Å². The van der Waals surface area contributed by atoms with E-state index in [0.29, 0.717) is 28.3 Å². The second-order valence-electron chi connectivity index (χ2n) is 4.20. The van der Waals surface area contributed by atoms with Gasteiger partial charge in [-0.3, -0.25) is 4.79 Å². The Morgan fingerprint density at radius 1 is 1.53 bits per heavy atom. The molecule has 0 unspecified atom stereocenters. The molecule has 0 aromatic heterocycles. The zero-order valence-corrected chi connectivity index (χ0v) is 10.7. The predicted molar refractivity (Wildman–Crippen MR) is 63.7 cm³/mol. The zero-order chi connectivity index (χ0) is 12.4.